The molecule has 0 heterocycles. The van der Waals surface area contributed by atoms with E-state index in [2.05, 4.69) is 21.3 Å². The lowest BCUT2D eigenvalue weighted by molar-refractivity contribution is -0.136. The second-order valence-electron chi connectivity index (χ2n) is 7.44. The number of amides is 1. The molecule has 1 unspecified atom stereocenters. The first kappa shape index (κ1) is 26.4. The van der Waals surface area contributed by atoms with Crippen molar-refractivity contribution in [1.29, 1.82) is 0 Å². The van der Waals surface area contributed by atoms with E-state index in [-0.39, 0.29) is 30.2 Å². The molecule has 0 spiro atoms. The van der Waals surface area contributed by atoms with Crippen molar-refractivity contribution in [2.45, 2.75) is 31.7 Å². The number of carboxylic acids is 2. The van der Waals surface area contributed by atoms with Crippen molar-refractivity contribution in [3.63, 3.8) is 0 Å². The van der Waals surface area contributed by atoms with Gasteiger partial charge in [-0.25, -0.2) is 4.79 Å². The van der Waals surface area contributed by atoms with Gasteiger partial charge >= 0.3 is 11.9 Å². The number of carbonyl (C=O) groups excluding carboxylic acids is 1. The number of aromatic hydroxyl groups is 1. The van der Waals surface area contributed by atoms with E-state index in [9.17, 15) is 24.6 Å². The lowest BCUT2D eigenvalue weighted by atomic mass is 10.1. The van der Waals surface area contributed by atoms with Gasteiger partial charge in [-0.05, 0) is 61.8 Å². The number of benzene rings is 2. The van der Waals surface area contributed by atoms with Crippen LogP contribution in [0.4, 0.5) is 11.4 Å². The molecule has 0 aliphatic heterocycles. The van der Waals surface area contributed by atoms with Gasteiger partial charge in [0.15, 0.2) is 5.11 Å². The summed E-state index contributed by atoms with van der Waals surface area (Å²) in [4.78, 5) is 34.7. The predicted octanol–water partition coefficient (Wildman–Crippen LogP) is 2.62. The molecular formula is C23H28N4O6S. The van der Waals surface area contributed by atoms with E-state index >= 15 is 0 Å². The Morgan fingerprint density at radius 1 is 0.912 bits per heavy atom. The number of thiocarbonyl (C=S) groups is 1. The summed E-state index contributed by atoms with van der Waals surface area (Å²) in [6, 6.07) is 11.7. The number of carbonyl (C=O) groups is 3. The molecule has 0 aliphatic rings. The molecule has 7 N–H and O–H groups in total. The average molecular weight is 489 g/mol. The van der Waals surface area contributed by atoms with Crippen LogP contribution in [0, 0.1) is 0 Å². The summed E-state index contributed by atoms with van der Waals surface area (Å²) in [5.74, 6) is -2.28. The third kappa shape index (κ3) is 9.74. The highest BCUT2D eigenvalue weighted by Crippen LogP contribution is 2.18. The van der Waals surface area contributed by atoms with Crippen LogP contribution in [0.5, 0.6) is 5.75 Å². The van der Waals surface area contributed by atoms with Crippen molar-refractivity contribution in [1.82, 2.24) is 10.6 Å². The number of aromatic carboxylic acids is 1. The van der Waals surface area contributed by atoms with E-state index in [4.69, 9.17) is 17.3 Å². The van der Waals surface area contributed by atoms with Crippen LogP contribution in [0.15, 0.2) is 48.5 Å². The number of rotatable bonds is 13. The third-order valence-corrected chi connectivity index (χ3v) is 5.00. The first-order chi connectivity index (χ1) is 16.2. The second-order valence-corrected chi connectivity index (χ2v) is 7.85. The monoisotopic (exact) mass is 488 g/mol. The molecule has 0 aliphatic carbocycles. The minimum absolute atomic E-state index is 0.0236. The highest BCUT2D eigenvalue weighted by Gasteiger charge is 2.19. The molecule has 0 fully saturated rings. The smallest absolute Gasteiger partial charge is 0.335 e. The molecule has 0 saturated heterocycles. The van der Waals surface area contributed by atoms with Crippen molar-refractivity contribution >= 4 is 46.6 Å². The number of unbranched alkanes of at least 4 members (excludes halogenated alkanes) is 1. The molecule has 34 heavy (non-hydrogen) atoms. The first-order valence-corrected chi connectivity index (χ1v) is 11.1. The van der Waals surface area contributed by atoms with Crippen molar-refractivity contribution in [3.8, 4) is 5.75 Å². The molecule has 0 aromatic heterocycles. The molecule has 2 rings (SSSR count). The third-order valence-electron chi connectivity index (χ3n) is 4.71. The van der Waals surface area contributed by atoms with Gasteiger partial charge < -0.3 is 36.6 Å². The number of phenolic OH excluding ortho intramolecular Hbond substituents is 1. The van der Waals surface area contributed by atoms with Gasteiger partial charge in [-0.2, -0.15) is 0 Å². The van der Waals surface area contributed by atoms with Crippen LogP contribution in [-0.2, 0) is 9.59 Å². The number of hydrogen-bond donors (Lipinski definition) is 7. The predicted molar refractivity (Wildman–Crippen MR) is 132 cm³/mol. The number of anilines is 2. The molecule has 0 radical (unpaired) electrons. The van der Waals surface area contributed by atoms with Crippen molar-refractivity contribution in [2.75, 3.05) is 23.7 Å². The second kappa shape index (κ2) is 13.6. The summed E-state index contributed by atoms with van der Waals surface area (Å²) in [7, 11) is 0. The van der Waals surface area contributed by atoms with E-state index in [0.29, 0.717) is 42.3 Å². The van der Waals surface area contributed by atoms with Gasteiger partial charge in [0.25, 0.3) is 0 Å². The van der Waals surface area contributed by atoms with Gasteiger partial charge in [0.05, 0.1) is 12.0 Å². The normalized spacial score (nSPS) is 11.2. The van der Waals surface area contributed by atoms with E-state index in [1.165, 1.54) is 24.3 Å². The van der Waals surface area contributed by atoms with Gasteiger partial charge in [0.2, 0.25) is 5.91 Å². The Morgan fingerprint density at radius 2 is 1.62 bits per heavy atom. The number of nitrogens with one attached hydrogen (secondary N) is 4. The Bertz CT molecular complexity index is 1020. The maximum atomic E-state index is 12.9. The molecule has 1 atom stereocenters. The van der Waals surface area contributed by atoms with Gasteiger partial charge in [-0.3, -0.25) is 9.59 Å². The lowest BCUT2D eigenvalue weighted by Crippen LogP contribution is -2.37. The van der Waals surface area contributed by atoms with Crippen LogP contribution in [0.25, 0.3) is 0 Å². The van der Waals surface area contributed by atoms with Crippen LogP contribution in [0.1, 0.15) is 36.0 Å². The Hall–Kier alpha value is -3.86. The average Bonchev–Trinajstić information content (AvgIpc) is 2.78. The SMILES string of the molecule is O=C(O)CCNC(=S)NCCCCC(Nc1cccc(C(=O)O)c1)C(=O)Nc1cccc(O)c1. The van der Waals surface area contributed by atoms with Crippen LogP contribution in [0.3, 0.4) is 0 Å². The fourth-order valence-electron chi connectivity index (χ4n) is 3.05. The number of hydrogen-bond acceptors (Lipinski definition) is 6. The van der Waals surface area contributed by atoms with E-state index in [1.54, 1.807) is 24.3 Å². The van der Waals surface area contributed by atoms with Gasteiger partial charge in [0, 0.05) is 30.5 Å². The summed E-state index contributed by atoms with van der Waals surface area (Å²) in [5, 5.41) is 39.5. The Kier molecular flexibility index (Phi) is 10.6. The molecule has 0 saturated carbocycles. The maximum Gasteiger partial charge on any atom is 0.335 e. The number of aliphatic carboxylic acids is 1. The molecule has 11 heteroatoms. The standard InChI is InChI=1S/C23H28N4O6S/c28-18-8-4-7-17(14-18)27-21(31)19(26-16-6-3-5-15(13-16)22(32)33)9-1-2-11-24-23(34)25-12-10-20(29)30/h3-8,13-14,19,26,28H,1-2,9-12H2,(H,27,31)(H,29,30)(H,32,33)(H2,24,25,34). The zero-order valence-corrected chi connectivity index (χ0v) is 19.2. The van der Waals surface area contributed by atoms with Gasteiger partial charge in [-0.15, -0.1) is 0 Å². The Labute approximate surface area is 202 Å². The van der Waals surface area contributed by atoms with E-state index in [1.807, 2.05) is 0 Å². The molecule has 2 aromatic rings. The Morgan fingerprint density at radius 3 is 2.32 bits per heavy atom. The summed E-state index contributed by atoms with van der Waals surface area (Å²) in [5.41, 5.74) is 1.04. The van der Waals surface area contributed by atoms with Gasteiger partial charge in [0.1, 0.15) is 11.8 Å². The van der Waals surface area contributed by atoms with Crippen LogP contribution in [0.2, 0.25) is 0 Å². The maximum absolute atomic E-state index is 12.9. The summed E-state index contributed by atoms with van der Waals surface area (Å²) >= 11 is 5.09. The van der Waals surface area contributed by atoms with Crippen molar-refractivity contribution < 1.29 is 29.7 Å². The molecular weight excluding hydrogens is 460 g/mol. The molecule has 182 valence electrons. The minimum atomic E-state index is -1.07. The fraction of sp³-hybridized carbons (Fsp3) is 0.304. The van der Waals surface area contributed by atoms with E-state index < -0.39 is 18.0 Å². The quantitative estimate of drug-likeness (QED) is 0.165. The van der Waals surface area contributed by atoms with Crippen LogP contribution in [-0.4, -0.2) is 57.4 Å². The minimum Gasteiger partial charge on any atom is -0.508 e. The van der Waals surface area contributed by atoms with Gasteiger partial charge in [-0.1, -0.05) is 12.1 Å². The van der Waals surface area contributed by atoms with E-state index in [0.717, 1.165) is 0 Å². The number of phenols is 1. The zero-order valence-electron chi connectivity index (χ0n) is 18.4. The molecule has 2 aromatic carbocycles. The highest BCUT2D eigenvalue weighted by atomic mass is 32.1. The topological polar surface area (TPSA) is 160 Å². The molecule has 0 bridgehead atoms. The summed E-state index contributed by atoms with van der Waals surface area (Å²) in [6.07, 6.45) is 1.75. The first-order valence-electron chi connectivity index (χ1n) is 10.7. The number of carboxylic acid groups (broad SMARTS) is 2. The Balaban J connectivity index is 1.93. The fourth-order valence-corrected chi connectivity index (χ4v) is 3.25. The molecule has 1 amide bonds. The lowest BCUT2D eigenvalue weighted by Gasteiger charge is -2.20. The molecule has 10 nitrogen and oxygen atoms in total. The van der Waals surface area contributed by atoms with Crippen LogP contribution < -0.4 is 21.3 Å². The van der Waals surface area contributed by atoms with Crippen LogP contribution >= 0.6 is 12.2 Å². The summed E-state index contributed by atoms with van der Waals surface area (Å²) in [6.45, 7) is 0.770. The highest BCUT2D eigenvalue weighted by molar-refractivity contribution is 7.80. The zero-order chi connectivity index (χ0) is 24.9. The summed E-state index contributed by atoms with van der Waals surface area (Å²) < 4.78 is 0. The van der Waals surface area contributed by atoms with Crippen molar-refractivity contribution in [3.05, 3.63) is 54.1 Å². The van der Waals surface area contributed by atoms with Crippen molar-refractivity contribution in [2.24, 2.45) is 0 Å². The largest absolute Gasteiger partial charge is 0.508 e.